The molecule has 0 saturated carbocycles. The van der Waals surface area contributed by atoms with Crippen molar-refractivity contribution in [2.24, 2.45) is 7.05 Å². The Kier molecular flexibility index (Phi) is 7.02. The molecule has 0 radical (unpaired) electrons. The zero-order valence-electron chi connectivity index (χ0n) is 18.5. The van der Waals surface area contributed by atoms with Gasteiger partial charge in [0.15, 0.2) is 5.69 Å². The van der Waals surface area contributed by atoms with Crippen LogP contribution in [-0.2, 0) is 11.8 Å². The van der Waals surface area contributed by atoms with Crippen molar-refractivity contribution in [1.29, 1.82) is 0 Å². The van der Waals surface area contributed by atoms with Crippen LogP contribution < -0.4 is 20.9 Å². The van der Waals surface area contributed by atoms with E-state index in [1.54, 1.807) is 13.2 Å². The lowest BCUT2D eigenvalue weighted by atomic mass is 9.94. The first kappa shape index (κ1) is 23.4. The number of carboxylic acid groups (broad SMARTS) is 1. The summed E-state index contributed by atoms with van der Waals surface area (Å²) >= 11 is 0. The van der Waals surface area contributed by atoms with Crippen molar-refractivity contribution in [3.05, 3.63) is 76.2 Å². The van der Waals surface area contributed by atoms with Crippen LogP contribution in [0.1, 0.15) is 23.6 Å². The molecule has 2 amide bonds. The number of hydrogen-bond acceptors (Lipinski definition) is 5. The van der Waals surface area contributed by atoms with Crippen molar-refractivity contribution in [3.8, 4) is 22.6 Å². The summed E-state index contributed by atoms with van der Waals surface area (Å²) in [5.74, 6) is -0.817. The first-order chi connectivity index (χ1) is 15.7. The molecule has 1 aromatic heterocycles. The molecule has 4 N–H and O–H groups in total. The molecule has 1 atom stereocenters. The smallest absolute Gasteiger partial charge is 0.319 e. The van der Waals surface area contributed by atoms with Crippen LogP contribution in [0.5, 0.6) is 11.5 Å². The molecule has 0 aliphatic carbocycles. The maximum atomic E-state index is 12.6. The number of aromatic hydroxyl groups is 1. The Morgan fingerprint density at radius 2 is 1.91 bits per heavy atom. The third-order valence-electron chi connectivity index (χ3n) is 5.21. The lowest BCUT2D eigenvalue weighted by molar-refractivity contribution is -0.137. The number of aliphatic carboxylic acids is 1. The summed E-state index contributed by atoms with van der Waals surface area (Å²) in [6.07, 6.45) is 0.979. The molecule has 0 spiro atoms. The van der Waals surface area contributed by atoms with E-state index >= 15 is 0 Å². The van der Waals surface area contributed by atoms with Gasteiger partial charge in [-0.1, -0.05) is 24.3 Å². The molecule has 0 fully saturated rings. The van der Waals surface area contributed by atoms with Crippen LogP contribution in [0.2, 0.25) is 0 Å². The van der Waals surface area contributed by atoms with Crippen LogP contribution in [0.3, 0.4) is 0 Å². The highest BCUT2D eigenvalue weighted by molar-refractivity contribution is 5.91. The van der Waals surface area contributed by atoms with Gasteiger partial charge in [0.25, 0.3) is 5.56 Å². The first-order valence-corrected chi connectivity index (χ1v) is 10.1. The van der Waals surface area contributed by atoms with Crippen molar-refractivity contribution < 1.29 is 24.5 Å². The number of urea groups is 1. The van der Waals surface area contributed by atoms with Crippen molar-refractivity contribution >= 4 is 17.7 Å². The van der Waals surface area contributed by atoms with E-state index in [0.717, 1.165) is 16.7 Å². The summed E-state index contributed by atoms with van der Waals surface area (Å²) in [7, 11) is 3.05. The number of rotatable bonds is 7. The summed E-state index contributed by atoms with van der Waals surface area (Å²) in [6, 6.07) is 12.4. The van der Waals surface area contributed by atoms with Gasteiger partial charge >= 0.3 is 12.0 Å². The van der Waals surface area contributed by atoms with Crippen LogP contribution in [0.25, 0.3) is 11.1 Å². The summed E-state index contributed by atoms with van der Waals surface area (Å²) in [5.41, 5.74) is 2.37. The Balaban J connectivity index is 1.92. The molecule has 0 aliphatic heterocycles. The second-order valence-electron chi connectivity index (χ2n) is 7.55. The number of aryl methyl sites for hydroxylation is 2. The molecule has 9 nitrogen and oxygen atoms in total. The number of benzene rings is 2. The fourth-order valence-corrected chi connectivity index (χ4v) is 3.43. The number of nitrogens with zero attached hydrogens (tertiary/aromatic N) is 1. The van der Waals surface area contributed by atoms with Gasteiger partial charge in [-0.3, -0.25) is 9.59 Å². The quantitative estimate of drug-likeness (QED) is 0.436. The highest BCUT2D eigenvalue weighted by atomic mass is 16.5. The van der Waals surface area contributed by atoms with Gasteiger partial charge in [0, 0.05) is 13.2 Å². The van der Waals surface area contributed by atoms with Gasteiger partial charge in [0.05, 0.1) is 19.6 Å². The predicted molar refractivity (Wildman–Crippen MR) is 124 cm³/mol. The van der Waals surface area contributed by atoms with Crippen molar-refractivity contribution in [2.45, 2.75) is 19.4 Å². The zero-order valence-corrected chi connectivity index (χ0v) is 18.5. The van der Waals surface area contributed by atoms with Crippen LogP contribution in [-0.4, -0.2) is 33.9 Å². The average molecular weight is 451 g/mol. The van der Waals surface area contributed by atoms with Crippen molar-refractivity contribution in [3.63, 3.8) is 0 Å². The summed E-state index contributed by atoms with van der Waals surface area (Å²) < 4.78 is 6.49. The van der Waals surface area contributed by atoms with E-state index in [9.17, 15) is 24.6 Å². The molecular formula is C24H25N3O6. The second kappa shape index (κ2) is 9.90. The SMILES string of the molecule is COc1cccc(-c2cc(C(CC(=O)O)NC(=O)Nc3c(O)ccn(C)c3=O)ccc2C)c1. The van der Waals surface area contributed by atoms with Gasteiger partial charge in [0.2, 0.25) is 0 Å². The van der Waals surface area contributed by atoms with E-state index in [4.69, 9.17) is 4.74 Å². The molecule has 0 bridgehead atoms. The second-order valence-corrected chi connectivity index (χ2v) is 7.55. The number of ether oxygens (including phenoxy) is 1. The van der Waals surface area contributed by atoms with E-state index < -0.39 is 29.4 Å². The molecule has 3 aromatic rings. The minimum absolute atomic E-state index is 0.299. The lowest BCUT2D eigenvalue weighted by Crippen LogP contribution is -2.36. The number of amides is 2. The number of nitrogens with one attached hydrogen (secondary N) is 2. The zero-order chi connectivity index (χ0) is 24.1. The molecule has 33 heavy (non-hydrogen) atoms. The maximum Gasteiger partial charge on any atom is 0.319 e. The maximum absolute atomic E-state index is 12.6. The number of carbonyl (C=O) groups is 2. The monoisotopic (exact) mass is 451 g/mol. The fourth-order valence-electron chi connectivity index (χ4n) is 3.43. The number of pyridine rings is 1. The Hall–Kier alpha value is -4.27. The van der Waals surface area contributed by atoms with Gasteiger partial charge in [0.1, 0.15) is 11.5 Å². The highest BCUT2D eigenvalue weighted by Crippen LogP contribution is 2.30. The highest BCUT2D eigenvalue weighted by Gasteiger charge is 2.21. The Labute approximate surface area is 190 Å². The molecule has 1 heterocycles. The lowest BCUT2D eigenvalue weighted by Gasteiger charge is -2.20. The molecule has 172 valence electrons. The van der Waals surface area contributed by atoms with Crippen molar-refractivity contribution in [1.82, 2.24) is 9.88 Å². The Morgan fingerprint density at radius 3 is 2.61 bits per heavy atom. The van der Waals surface area contributed by atoms with Crippen LogP contribution in [0.4, 0.5) is 10.5 Å². The van der Waals surface area contributed by atoms with Crippen molar-refractivity contribution in [2.75, 3.05) is 12.4 Å². The summed E-state index contributed by atoms with van der Waals surface area (Å²) in [4.78, 5) is 36.3. The molecule has 0 aliphatic rings. The van der Waals surface area contributed by atoms with Gasteiger partial charge in [-0.05, 0) is 53.4 Å². The molecule has 9 heteroatoms. The molecular weight excluding hydrogens is 426 g/mol. The third-order valence-corrected chi connectivity index (χ3v) is 5.21. The standard InChI is InChI=1S/C24H25N3O6/c1-14-7-8-16(12-18(14)15-5-4-6-17(11-15)33-3)19(13-21(29)30)25-24(32)26-22-20(28)9-10-27(2)23(22)31/h4-12,19,28H,13H2,1-3H3,(H,29,30)(H2,25,26,32). The van der Waals surface area contributed by atoms with Gasteiger partial charge in [-0.25, -0.2) is 4.79 Å². The number of carboxylic acids is 1. The fraction of sp³-hybridized carbons (Fsp3) is 0.208. The summed E-state index contributed by atoms with van der Waals surface area (Å²) in [5, 5.41) is 24.3. The van der Waals surface area contributed by atoms with Gasteiger partial charge in [-0.2, -0.15) is 0 Å². The topological polar surface area (TPSA) is 130 Å². The number of methoxy groups -OCH3 is 1. The molecule has 2 aromatic carbocycles. The van der Waals surface area contributed by atoms with E-state index in [2.05, 4.69) is 10.6 Å². The van der Waals surface area contributed by atoms with Crippen LogP contribution >= 0.6 is 0 Å². The van der Waals surface area contributed by atoms with Crippen LogP contribution in [0, 0.1) is 6.92 Å². The Bertz CT molecular complexity index is 1250. The van der Waals surface area contributed by atoms with Gasteiger partial charge in [-0.15, -0.1) is 0 Å². The minimum atomic E-state index is -1.11. The molecule has 3 rings (SSSR count). The van der Waals surface area contributed by atoms with E-state index in [-0.39, 0.29) is 12.1 Å². The number of aromatic nitrogens is 1. The molecule has 0 saturated heterocycles. The first-order valence-electron chi connectivity index (χ1n) is 10.1. The predicted octanol–water partition coefficient (Wildman–Crippen LogP) is 3.41. The van der Waals surface area contributed by atoms with Crippen LogP contribution in [0.15, 0.2) is 59.5 Å². The number of hydrogen-bond donors (Lipinski definition) is 4. The minimum Gasteiger partial charge on any atom is -0.505 e. The number of carbonyl (C=O) groups excluding carboxylic acids is 1. The third kappa shape index (κ3) is 5.51. The van der Waals surface area contributed by atoms with E-state index in [1.165, 1.54) is 23.9 Å². The molecule has 1 unspecified atom stereocenters. The summed E-state index contributed by atoms with van der Waals surface area (Å²) in [6.45, 7) is 1.93. The normalized spacial score (nSPS) is 11.5. The van der Waals surface area contributed by atoms with E-state index in [1.807, 2.05) is 43.3 Å². The Morgan fingerprint density at radius 1 is 1.15 bits per heavy atom. The van der Waals surface area contributed by atoms with Gasteiger partial charge < -0.3 is 30.2 Å². The number of anilines is 1. The van der Waals surface area contributed by atoms with E-state index in [0.29, 0.717) is 11.3 Å². The largest absolute Gasteiger partial charge is 0.505 e. The average Bonchev–Trinajstić information content (AvgIpc) is 2.79.